The number of carbonyl (C=O) groups excluding carboxylic acids is 1. The van der Waals surface area contributed by atoms with E-state index in [1.165, 1.54) is 0 Å². The number of aromatic nitrogens is 1. The maximum Gasteiger partial charge on any atom is 0.240 e. The van der Waals surface area contributed by atoms with Crippen LogP contribution in [0.3, 0.4) is 0 Å². The van der Waals surface area contributed by atoms with Gasteiger partial charge in [0.05, 0.1) is 12.7 Å². The third-order valence-corrected chi connectivity index (χ3v) is 5.21. The highest BCUT2D eigenvalue weighted by Gasteiger charge is 2.54. The van der Waals surface area contributed by atoms with Crippen molar-refractivity contribution in [3.05, 3.63) is 36.5 Å². The quantitative estimate of drug-likeness (QED) is 0.916. The van der Waals surface area contributed by atoms with E-state index in [4.69, 9.17) is 9.47 Å². The molecule has 1 saturated carbocycles. The normalized spacial score (nSPS) is 29.3. The van der Waals surface area contributed by atoms with E-state index in [0.29, 0.717) is 19.1 Å². The van der Waals surface area contributed by atoms with Crippen molar-refractivity contribution < 1.29 is 14.3 Å². The van der Waals surface area contributed by atoms with Crippen LogP contribution in [0.2, 0.25) is 0 Å². The summed E-state index contributed by atoms with van der Waals surface area (Å²) in [6, 6.07) is 10.3. The number of ether oxygens (including phenoxy) is 2. The fraction of sp³-hybridized carbons (Fsp3) is 0.500. The largest absolute Gasteiger partial charge is 0.384 e. The summed E-state index contributed by atoms with van der Waals surface area (Å²) >= 11 is 0. The maximum absolute atomic E-state index is 12.5. The highest BCUT2D eigenvalue weighted by Crippen LogP contribution is 2.43. The van der Waals surface area contributed by atoms with Gasteiger partial charge in [0.1, 0.15) is 6.54 Å². The highest BCUT2D eigenvalue weighted by molar-refractivity contribution is 5.83. The summed E-state index contributed by atoms with van der Waals surface area (Å²) < 4.78 is 13.0. The molecule has 1 saturated heterocycles. The Morgan fingerprint density at radius 1 is 1.39 bits per heavy atom. The molecule has 0 unspecified atom stereocenters. The molecule has 1 aliphatic heterocycles. The van der Waals surface area contributed by atoms with Crippen molar-refractivity contribution in [3.63, 3.8) is 0 Å². The number of hydrogen-bond donors (Lipinski definition) is 1. The fourth-order valence-electron chi connectivity index (χ4n) is 4.10. The number of nitrogens with one attached hydrogen (secondary N) is 1. The van der Waals surface area contributed by atoms with Gasteiger partial charge in [-0.3, -0.25) is 4.79 Å². The number of carbonyl (C=O) groups is 1. The summed E-state index contributed by atoms with van der Waals surface area (Å²) in [7, 11) is 1.70. The molecule has 1 amide bonds. The van der Waals surface area contributed by atoms with Gasteiger partial charge in [0, 0.05) is 43.3 Å². The molecule has 0 spiro atoms. The molecule has 4 atom stereocenters. The summed E-state index contributed by atoms with van der Waals surface area (Å²) in [5.41, 5.74) is 1.09. The van der Waals surface area contributed by atoms with E-state index >= 15 is 0 Å². The summed E-state index contributed by atoms with van der Waals surface area (Å²) in [4.78, 5) is 12.5. The van der Waals surface area contributed by atoms with E-state index in [9.17, 15) is 4.79 Å². The van der Waals surface area contributed by atoms with Crippen molar-refractivity contribution in [3.8, 4) is 0 Å². The first kappa shape index (κ1) is 14.7. The molecule has 1 aliphatic carbocycles. The number of methoxy groups -OCH3 is 1. The molecular weight excluding hydrogens is 292 g/mol. The minimum atomic E-state index is 0.0582. The molecule has 2 fully saturated rings. The maximum atomic E-state index is 12.5. The van der Waals surface area contributed by atoms with Gasteiger partial charge in [0.15, 0.2) is 0 Å². The van der Waals surface area contributed by atoms with E-state index in [1.807, 2.05) is 35.0 Å². The number of rotatable bonds is 5. The van der Waals surface area contributed by atoms with Crippen LogP contribution in [0.25, 0.3) is 10.9 Å². The Bertz CT molecular complexity index is 711. The SMILES string of the molecule is COC[C@H]1[C@H](NC(=O)Cn2ccc3ccccc32)[C@H]2CCO[C@H]21. The number of hydrogen-bond acceptors (Lipinski definition) is 3. The van der Waals surface area contributed by atoms with Gasteiger partial charge in [-0.1, -0.05) is 18.2 Å². The molecule has 2 aliphatic rings. The smallest absolute Gasteiger partial charge is 0.240 e. The third kappa shape index (κ3) is 2.54. The monoisotopic (exact) mass is 314 g/mol. The first-order chi connectivity index (χ1) is 11.3. The molecule has 5 nitrogen and oxygen atoms in total. The summed E-state index contributed by atoms with van der Waals surface area (Å²) in [5.74, 6) is 0.779. The lowest BCUT2D eigenvalue weighted by molar-refractivity contribution is -0.130. The molecule has 122 valence electrons. The molecule has 2 heterocycles. The zero-order chi connectivity index (χ0) is 15.8. The minimum absolute atomic E-state index is 0.0582. The van der Waals surface area contributed by atoms with Crippen LogP contribution in [-0.4, -0.2) is 42.9 Å². The van der Waals surface area contributed by atoms with Gasteiger partial charge in [-0.05, 0) is 23.9 Å². The van der Waals surface area contributed by atoms with Gasteiger partial charge in [0.25, 0.3) is 0 Å². The van der Waals surface area contributed by atoms with Crippen molar-refractivity contribution in [1.29, 1.82) is 0 Å². The Balaban J connectivity index is 1.43. The van der Waals surface area contributed by atoms with Crippen LogP contribution in [0.15, 0.2) is 36.5 Å². The molecule has 4 rings (SSSR count). The van der Waals surface area contributed by atoms with Crippen LogP contribution in [0.5, 0.6) is 0 Å². The number of para-hydroxylation sites is 1. The zero-order valence-corrected chi connectivity index (χ0v) is 13.3. The van der Waals surface area contributed by atoms with Crippen molar-refractivity contribution in [2.24, 2.45) is 11.8 Å². The van der Waals surface area contributed by atoms with Gasteiger partial charge >= 0.3 is 0 Å². The van der Waals surface area contributed by atoms with Crippen molar-refractivity contribution in [2.45, 2.75) is 25.1 Å². The number of amides is 1. The van der Waals surface area contributed by atoms with E-state index in [-0.39, 0.29) is 24.0 Å². The molecule has 1 aromatic carbocycles. The lowest BCUT2D eigenvalue weighted by Gasteiger charge is -2.47. The summed E-state index contributed by atoms with van der Waals surface area (Å²) in [5, 5.41) is 4.36. The molecule has 23 heavy (non-hydrogen) atoms. The zero-order valence-electron chi connectivity index (χ0n) is 13.3. The van der Waals surface area contributed by atoms with E-state index < -0.39 is 0 Å². The van der Waals surface area contributed by atoms with E-state index in [0.717, 1.165) is 23.9 Å². The standard InChI is InChI=1S/C18H22N2O3/c1-22-11-14-17(13-7-9-23-18(13)14)19-16(21)10-20-8-6-12-4-2-3-5-15(12)20/h2-6,8,13-14,17-18H,7,9-11H2,1H3,(H,19,21)/t13-,14+,17-,18-/m1/s1. The second-order valence-electron chi connectivity index (χ2n) is 6.50. The average Bonchev–Trinajstić information content (AvgIpc) is 3.16. The topological polar surface area (TPSA) is 52.5 Å². The van der Waals surface area contributed by atoms with E-state index in [2.05, 4.69) is 11.4 Å². The first-order valence-electron chi connectivity index (χ1n) is 8.21. The van der Waals surface area contributed by atoms with Crippen LogP contribution >= 0.6 is 0 Å². The first-order valence-corrected chi connectivity index (χ1v) is 8.21. The minimum Gasteiger partial charge on any atom is -0.384 e. The van der Waals surface area contributed by atoms with Crippen molar-refractivity contribution in [1.82, 2.24) is 9.88 Å². The van der Waals surface area contributed by atoms with Crippen LogP contribution in [0.4, 0.5) is 0 Å². The number of fused-ring (bicyclic) bond motifs is 2. The average molecular weight is 314 g/mol. The fourth-order valence-corrected chi connectivity index (χ4v) is 4.10. The Morgan fingerprint density at radius 2 is 2.26 bits per heavy atom. The Labute approximate surface area is 135 Å². The number of benzene rings is 1. The lowest BCUT2D eigenvalue weighted by atomic mass is 9.67. The van der Waals surface area contributed by atoms with Gasteiger partial charge in [-0.2, -0.15) is 0 Å². The molecule has 5 heteroatoms. The summed E-state index contributed by atoms with van der Waals surface area (Å²) in [6.07, 6.45) is 3.26. The molecule has 1 aromatic heterocycles. The van der Waals surface area contributed by atoms with E-state index in [1.54, 1.807) is 7.11 Å². The second kappa shape index (κ2) is 5.98. The lowest BCUT2D eigenvalue weighted by Crippen LogP contribution is -2.63. The van der Waals surface area contributed by atoms with Crippen LogP contribution in [-0.2, 0) is 20.8 Å². The predicted octanol–water partition coefficient (Wildman–Crippen LogP) is 1.81. The Kier molecular flexibility index (Phi) is 3.83. The van der Waals surface area contributed by atoms with Gasteiger partial charge in [-0.25, -0.2) is 0 Å². The van der Waals surface area contributed by atoms with Crippen molar-refractivity contribution in [2.75, 3.05) is 20.3 Å². The predicted molar refractivity (Wildman–Crippen MR) is 87.1 cm³/mol. The Morgan fingerprint density at radius 3 is 3.13 bits per heavy atom. The van der Waals surface area contributed by atoms with Gasteiger partial charge < -0.3 is 19.4 Å². The third-order valence-electron chi connectivity index (χ3n) is 5.21. The molecule has 0 bridgehead atoms. The highest BCUT2D eigenvalue weighted by atomic mass is 16.5. The van der Waals surface area contributed by atoms with Crippen molar-refractivity contribution >= 4 is 16.8 Å². The van der Waals surface area contributed by atoms with Crippen LogP contribution in [0, 0.1) is 11.8 Å². The molecular formula is C18H22N2O3. The molecule has 1 N–H and O–H groups in total. The molecule has 2 aromatic rings. The van der Waals surface area contributed by atoms with Crippen LogP contribution in [0.1, 0.15) is 6.42 Å². The molecule has 0 radical (unpaired) electrons. The number of nitrogens with zero attached hydrogens (tertiary/aromatic N) is 1. The second-order valence-corrected chi connectivity index (χ2v) is 6.50. The Hall–Kier alpha value is -1.85. The van der Waals surface area contributed by atoms with Gasteiger partial charge in [-0.15, -0.1) is 0 Å². The summed E-state index contributed by atoms with van der Waals surface area (Å²) in [6.45, 7) is 1.78. The van der Waals surface area contributed by atoms with Gasteiger partial charge in [0.2, 0.25) is 5.91 Å². The van der Waals surface area contributed by atoms with Crippen LogP contribution < -0.4 is 5.32 Å².